The quantitative estimate of drug-likeness (QED) is 0.740. The van der Waals surface area contributed by atoms with Crippen LogP contribution in [0, 0.1) is 13.8 Å². The lowest BCUT2D eigenvalue weighted by molar-refractivity contribution is -0.137. The molecule has 1 atom stereocenters. The highest BCUT2D eigenvalue weighted by atomic mass is 32.1. The van der Waals surface area contributed by atoms with Gasteiger partial charge in [0.2, 0.25) is 11.8 Å². The van der Waals surface area contributed by atoms with Crippen molar-refractivity contribution in [2.24, 2.45) is 0 Å². The Morgan fingerprint density at radius 3 is 2.56 bits per heavy atom. The second kappa shape index (κ2) is 9.70. The molecule has 8 nitrogen and oxygen atoms in total. The Bertz CT molecular complexity index is 1050. The number of aromatic amines is 1. The van der Waals surface area contributed by atoms with Gasteiger partial charge in [0.25, 0.3) is 5.56 Å². The molecule has 4 heterocycles. The van der Waals surface area contributed by atoms with E-state index in [1.807, 2.05) is 23.6 Å². The predicted molar refractivity (Wildman–Crippen MR) is 126 cm³/mol. The lowest BCUT2D eigenvalue weighted by atomic mass is 10.0. The van der Waals surface area contributed by atoms with Crippen molar-refractivity contribution in [2.45, 2.75) is 58.9 Å². The molecule has 9 heteroatoms. The molecule has 2 fully saturated rings. The number of hydrogen-bond acceptors (Lipinski definition) is 6. The van der Waals surface area contributed by atoms with Crippen LogP contribution in [0.15, 0.2) is 4.79 Å². The second-order valence-electron chi connectivity index (χ2n) is 9.06. The zero-order chi connectivity index (χ0) is 22.8. The first-order valence-electron chi connectivity index (χ1n) is 11.6. The first-order valence-corrected chi connectivity index (χ1v) is 12.4. The number of carbonyl (C=O) groups is 2. The van der Waals surface area contributed by atoms with E-state index in [4.69, 9.17) is 0 Å². The SMILES string of the molecule is Cc1sc2nc(CCC(=O)N3CCN(CC(=O)N4CCCC[C@H]4C)CC3)[nH]c(=O)c2c1C. The highest BCUT2D eigenvalue weighted by Crippen LogP contribution is 2.25. The number of H-pyrrole nitrogens is 1. The number of rotatable bonds is 5. The minimum Gasteiger partial charge on any atom is -0.340 e. The summed E-state index contributed by atoms with van der Waals surface area (Å²) in [7, 11) is 0. The van der Waals surface area contributed by atoms with Gasteiger partial charge in [-0.3, -0.25) is 19.3 Å². The fourth-order valence-electron chi connectivity index (χ4n) is 4.71. The van der Waals surface area contributed by atoms with Gasteiger partial charge < -0.3 is 14.8 Å². The average molecular weight is 460 g/mol. The smallest absolute Gasteiger partial charge is 0.259 e. The van der Waals surface area contributed by atoms with Crippen LogP contribution in [-0.4, -0.2) is 81.8 Å². The van der Waals surface area contributed by atoms with E-state index < -0.39 is 0 Å². The van der Waals surface area contributed by atoms with Crippen LogP contribution < -0.4 is 5.56 Å². The number of nitrogens with zero attached hydrogens (tertiary/aromatic N) is 4. The largest absolute Gasteiger partial charge is 0.340 e. The Morgan fingerprint density at radius 2 is 1.84 bits per heavy atom. The van der Waals surface area contributed by atoms with Crippen molar-refractivity contribution >= 4 is 33.4 Å². The van der Waals surface area contributed by atoms with Crippen LogP contribution in [-0.2, 0) is 16.0 Å². The maximum absolute atomic E-state index is 12.7. The van der Waals surface area contributed by atoms with Gasteiger partial charge >= 0.3 is 0 Å². The van der Waals surface area contributed by atoms with E-state index in [-0.39, 0.29) is 17.4 Å². The number of fused-ring (bicyclic) bond motifs is 1. The standard InChI is InChI=1S/C23H33N5O3S/c1-15-6-4-5-9-28(15)20(30)14-26-10-12-27(13-11-26)19(29)8-7-18-24-22(31)21-16(2)17(3)32-23(21)25-18/h15H,4-14H2,1-3H3,(H,24,25,31)/t15-/m1/s1. The van der Waals surface area contributed by atoms with Crippen LogP contribution in [0.2, 0.25) is 0 Å². The summed E-state index contributed by atoms with van der Waals surface area (Å²) in [4.78, 5) is 53.1. The molecule has 2 aromatic rings. The molecule has 4 rings (SSSR count). The highest BCUT2D eigenvalue weighted by molar-refractivity contribution is 7.18. The zero-order valence-corrected chi connectivity index (χ0v) is 20.1. The van der Waals surface area contributed by atoms with Gasteiger partial charge in [-0.05, 0) is 45.6 Å². The molecule has 32 heavy (non-hydrogen) atoms. The molecule has 2 saturated heterocycles. The summed E-state index contributed by atoms with van der Waals surface area (Å²) in [5, 5.41) is 0.659. The van der Waals surface area contributed by atoms with E-state index in [0.29, 0.717) is 62.8 Å². The molecular formula is C23H33N5O3S. The zero-order valence-electron chi connectivity index (χ0n) is 19.3. The molecule has 0 spiro atoms. The summed E-state index contributed by atoms with van der Waals surface area (Å²) in [6.45, 7) is 10.1. The van der Waals surface area contributed by atoms with E-state index in [1.165, 1.54) is 17.8 Å². The third-order valence-corrected chi connectivity index (χ3v) is 7.97. The third kappa shape index (κ3) is 4.88. The third-order valence-electron chi connectivity index (χ3n) is 6.87. The van der Waals surface area contributed by atoms with Gasteiger partial charge in [0.15, 0.2) is 0 Å². The van der Waals surface area contributed by atoms with Gasteiger partial charge in [-0.25, -0.2) is 4.98 Å². The van der Waals surface area contributed by atoms with E-state index in [0.717, 1.165) is 34.7 Å². The van der Waals surface area contributed by atoms with Crippen molar-refractivity contribution in [3.8, 4) is 0 Å². The lowest BCUT2D eigenvalue weighted by Crippen LogP contribution is -2.53. The van der Waals surface area contributed by atoms with Crippen molar-refractivity contribution in [3.63, 3.8) is 0 Å². The number of piperazine rings is 1. The molecular weight excluding hydrogens is 426 g/mol. The molecule has 2 aliphatic heterocycles. The minimum atomic E-state index is -0.124. The number of amides is 2. The van der Waals surface area contributed by atoms with Crippen LogP contribution in [0.25, 0.3) is 10.2 Å². The van der Waals surface area contributed by atoms with E-state index in [2.05, 4.69) is 21.8 Å². The van der Waals surface area contributed by atoms with Crippen molar-refractivity contribution in [1.82, 2.24) is 24.7 Å². The van der Waals surface area contributed by atoms with Gasteiger partial charge in [0.05, 0.1) is 11.9 Å². The van der Waals surface area contributed by atoms with Crippen molar-refractivity contribution < 1.29 is 9.59 Å². The number of piperidine rings is 1. The minimum absolute atomic E-state index is 0.0712. The van der Waals surface area contributed by atoms with Gasteiger partial charge in [-0.2, -0.15) is 0 Å². The lowest BCUT2D eigenvalue weighted by Gasteiger charge is -2.38. The Kier molecular flexibility index (Phi) is 6.95. The molecule has 0 bridgehead atoms. The van der Waals surface area contributed by atoms with Crippen LogP contribution in [0.4, 0.5) is 0 Å². The van der Waals surface area contributed by atoms with E-state index >= 15 is 0 Å². The summed E-state index contributed by atoms with van der Waals surface area (Å²) in [6, 6.07) is 0.334. The monoisotopic (exact) mass is 459 g/mol. The molecule has 0 radical (unpaired) electrons. The maximum atomic E-state index is 12.7. The van der Waals surface area contributed by atoms with Crippen LogP contribution in [0.3, 0.4) is 0 Å². The maximum Gasteiger partial charge on any atom is 0.259 e. The normalized spacial score (nSPS) is 20.2. The van der Waals surface area contributed by atoms with Gasteiger partial charge in [0, 0.05) is 56.5 Å². The molecule has 2 amide bonds. The number of likely N-dealkylation sites (tertiary alicyclic amines) is 1. The van der Waals surface area contributed by atoms with E-state index in [1.54, 1.807) is 0 Å². The highest BCUT2D eigenvalue weighted by Gasteiger charge is 2.27. The van der Waals surface area contributed by atoms with Gasteiger partial charge in [-0.15, -0.1) is 11.3 Å². The summed E-state index contributed by atoms with van der Waals surface area (Å²) in [5.74, 6) is 0.848. The molecule has 0 saturated carbocycles. The Hall–Kier alpha value is -2.26. The van der Waals surface area contributed by atoms with Gasteiger partial charge in [-0.1, -0.05) is 0 Å². The number of hydrogen-bond donors (Lipinski definition) is 1. The molecule has 1 N–H and O–H groups in total. The van der Waals surface area contributed by atoms with Crippen LogP contribution in [0.1, 0.15) is 48.9 Å². The number of carbonyl (C=O) groups excluding carboxylic acids is 2. The fourth-order valence-corrected chi connectivity index (χ4v) is 5.76. The molecule has 2 aliphatic rings. The number of nitrogens with one attached hydrogen (secondary N) is 1. The summed E-state index contributed by atoms with van der Waals surface area (Å²) in [5.41, 5.74) is 0.855. The van der Waals surface area contributed by atoms with Crippen LogP contribution in [0.5, 0.6) is 0 Å². The topological polar surface area (TPSA) is 89.6 Å². The molecule has 0 aliphatic carbocycles. The fraction of sp³-hybridized carbons (Fsp3) is 0.652. The first-order chi connectivity index (χ1) is 15.3. The van der Waals surface area contributed by atoms with Crippen molar-refractivity contribution in [2.75, 3.05) is 39.3 Å². The number of aromatic nitrogens is 2. The van der Waals surface area contributed by atoms with Crippen molar-refractivity contribution in [1.29, 1.82) is 0 Å². The number of thiophene rings is 1. The molecule has 2 aromatic heterocycles. The van der Waals surface area contributed by atoms with E-state index in [9.17, 15) is 14.4 Å². The second-order valence-corrected chi connectivity index (χ2v) is 10.3. The predicted octanol–water partition coefficient (Wildman–Crippen LogP) is 2.08. The van der Waals surface area contributed by atoms with Crippen molar-refractivity contribution in [3.05, 3.63) is 26.6 Å². The Labute approximate surface area is 192 Å². The summed E-state index contributed by atoms with van der Waals surface area (Å²) < 4.78 is 0. The summed E-state index contributed by atoms with van der Waals surface area (Å²) >= 11 is 1.52. The molecule has 0 unspecified atom stereocenters. The number of aryl methyl sites for hydroxylation is 3. The summed E-state index contributed by atoms with van der Waals surface area (Å²) in [6.07, 6.45) is 4.13. The van der Waals surface area contributed by atoms with Gasteiger partial charge in [0.1, 0.15) is 10.7 Å². The van der Waals surface area contributed by atoms with Crippen LogP contribution >= 0.6 is 11.3 Å². The Balaban J connectivity index is 1.26. The first kappa shape index (κ1) is 22.9. The average Bonchev–Trinajstić information content (AvgIpc) is 3.06. The molecule has 174 valence electrons. The Morgan fingerprint density at radius 1 is 1.09 bits per heavy atom. The molecule has 0 aromatic carbocycles.